The number of ether oxygens (including phenoxy) is 1. The van der Waals surface area contributed by atoms with E-state index in [2.05, 4.69) is 16.7 Å². The monoisotopic (exact) mass is 356 g/mol. The molecule has 0 unspecified atom stereocenters. The molecule has 0 spiro atoms. The van der Waals surface area contributed by atoms with Crippen LogP contribution >= 0.6 is 0 Å². The average Bonchev–Trinajstić information content (AvgIpc) is 3.15. The van der Waals surface area contributed by atoms with E-state index in [0.717, 1.165) is 11.3 Å². The van der Waals surface area contributed by atoms with E-state index >= 15 is 0 Å². The molecular formula is C21H16N4O2. The second kappa shape index (κ2) is 8.41. The van der Waals surface area contributed by atoms with Crippen LogP contribution in [0.2, 0.25) is 0 Å². The van der Waals surface area contributed by atoms with Gasteiger partial charge in [-0.05, 0) is 30.3 Å². The van der Waals surface area contributed by atoms with E-state index in [1.54, 1.807) is 23.3 Å². The molecule has 3 aromatic rings. The second-order valence-corrected chi connectivity index (χ2v) is 5.51. The van der Waals surface area contributed by atoms with Crippen molar-refractivity contribution in [3.05, 3.63) is 84.8 Å². The Balaban J connectivity index is 2.09. The van der Waals surface area contributed by atoms with Crippen molar-refractivity contribution in [1.29, 1.82) is 5.26 Å². The molecule has 1 aromatic carbocycles. The molecule has 0 aliphatic rings. The number of para-hydroxylation sites is 1. The van der Waals surface area contributed by atoms with Crippen molar-refractivity contribution in [3.63, 3.8) is 0 Å². The Kier molecular flexibility index (Phi) is 5.55. The number of hydrogen-bond acceptors (Lipinski definition) is 5. The number of nitriles is 1. The molecule has 0 radical (unpaired) electrons. The smallest absolute Gasteiger partial charge is 0.349 e. The van der Waals surface area contributed by atoms with Crippen LogP contribution in [0.15, 0.2) is 79.3 Å². The summed E-state index contributed by atoms with van der Waals surface area (Å²) >= 11 is 0. The maximum absolute atomic E-state index is 12.1. The maximum atomic E-state index is 12.1. The number of hydrogen-bond donors (Lipinski definition) is 0. The Morgan fingerprint density at radius 2 is 1.96 bits per heavy atom. The van der Waals surface area contributed by atoms with Crippen molar-refractivity contribution in [2.24, 2.45) is 0 Å². The van der Waals surface area contributed by atoms with Gasteiger partial charge in [-0.1, -0.05) is 30.9 Å². The summed E-state index contributed by atoms with van der Waals surface area (Å²) in [5.74, 6) is -0.703. The molecule has 0 fully saturated rings. The van der Waals surface area contributed by atoms with Gasteiger partial charge in [-0.25, -0.2) is 9.48 Å². The van der Waals surface area contributed by atoms with Crippen LogP contribution in [0.3, 0.4) is 0 Å². The molecule has 0 atom stereocenters. The molecule has 2 aromatic heterocycles. The van der Waals surface area contributed by atoms with E-state index < -0.39 is 5.97 Å². The minimum atomic E-state index is -0.703. The molecule has 2 heterocycles. The van der Waals surface area contributed by atoms with Gasteiger partial charge in [0.15, 0.2) is 0 Å². The van der Waals surface area contributed by atoms with Gasteiger partial charge in [0.1, 0.15) is 23.9 Å². The Bertz CT molecular complexity index is 1020. The predicted molar refractivity (Wildman–Crippen MR) is 102 cm³/mol. The van der Waals surface area contributed by atoms with E-state index in [0.29, 0.717) is 11.3 Å². The van der Waals surface area contributed by atoms with E-state index in [4.69, 9.17) is 4.74 Å². The lowest BCUT2D eigenvalue weighted by molar-refractivity contribution is -0.137. The Hall–Kier alpha value is -3.98. The minimum absolute atomic E-state index is 0.0400. The quantitative estimate of drug-likeness (QED) is 0.292. The molecule has 0 saturated heterocycles. The summed E-state index contributed by atoms with van der Waals surface area (Å²) in [6.07, 6.45) is 8.02. The van der Waals surface area contributed by atoms with E-state index in [9.17, 15) is 10.1 Å². The molecule has 3 rings (SSSR count). The number of rotatable bonds is 6. The highest BCUT2D eigenvalue weighted by molar-refractivity contribution is 5.98. The van der Waals surface area contributed by atoms with Crippen LogP contribution in [-0.4, -0.2) is 27.3 Å². The third-order valence-corrected chi connectivity index (χ3v) is 3.69. The zero-order valence-corrected chi connectivity index (χ0v) is 14.4. The number of pyridine rings is 1. The molecule has 132 valence electrons. The summed E-state index contributed by atoms with van der Waals surface area (Å²) < 4.78 is 6.67. The molecular weight excluding hydrogens is 340 g/mol. The number of esters is 1. The third kappa shape index (κ3) is 4.17. The van der Waals surface area contributed by atoms with Crippen molar-refractivity contribution in [3.8, 4) is 23.0 Å². The lowest BCUT2D eigenvalue weighted by Crippen LogP contribution is -2.06. The number of nitrogens with zero attached hydrogens (tertiary/aromatic N) is 4. The van der Waals surface area contributed by atoms with Gasteiger partial charge in [0.2, 0.25) is 0 Å². The fourth-order valence-electron chi connectivity index (χ4n) is 2.44. The van der Waals surface area contributed by atoms with Crippen LogP contribution in [0.4, 0.5) is 0 Å². The average molecular weight is 356 g/mol. The molecule has 6 heteroatoms. The van der Waals surface area contributed by atoms with Crippen LogP contribution < -0.4 is 0 Å². The van der Waals surface area contributed by atoms with Gasteiger partial charge in [0, 0.05) is 29.7 Å². The van der Waals surface area contributed by atoms with Gasteiger partial charge >= 0.3 is 5.97 Å². The molecule has 0 aliphatic carbocycles. The first kappa shape index (κ1) is 17.8. The normalized spacial score (nSPS) is 10.9. The molecule has 27 heavy (non-hydrogen) atoms. The predicted octanol–water partition coefficient (Wildman–Crippen LogP) is 3.57. The van der Waals surface area contributed by atoms with Crippen LogP contribution in [0.1, 0.15) is 5.56 Å². The Morgan fingerprint density at radius 1 is 1.22 bits per heavy atom. The second-order valence-electron chi connectivity index (χ2n) is 5.51. The largest absolute Gasteiger partial charge is 0.457 e. The molecule has 0 amide bonds. The number of carbonyl (C=O) groups excluding carboxylic acids is 1. The molecule has 0 bridgehead atoms. The van der Waals surface area contributed by atoms with Crippen LogP contribution in [-0.2, 0) is 9.53 Å². The fraction of sp³-hybridized carbons (Fsp3) is 0.0476. The lowest BCUT2D eigenvalue weighted by atomic mass is 10.1. The van der Waals surface area contributed by atoms with Crippen LogP contribution in [0, 0.1) is 11.3 Å². The summed E-state index contributed by atoms with van der Waals surface area (Å²) in [4.78, 5) is 16.1. The van der Waals surface area contributed by atoms with Crippen LogP contribution in [0.25, 0.3) is 23.0 Å². The highest BCUT2D eigenvalue weighted by Crippen LogP contribution is 2.25. The van der Waals surface area contributed by atoms with Crippen LogP contribution in [0.5, 0.6) is 0 Å². The zero-order valence-electron chi connectivity index (χ0n) is 14.4. The van der Waals surface area contributed by atoms with Gasteiger partial charge in [-0.15, -0.1) is 0 Å². The topological polar surface area (TPSA) is 80.8 Å². The minimum Gasteiger partial charge on any atom is -0.457 e. The molecule has 0 N–H and O–H groups in total. The first-order valence-electron chi connectivity index (χ1n) is 8.18. The highest BCUT2D eigenvalue weighted by Gasteiger charge is 2.15. The van der Waals surface area contributed by atoms with Crippen molar-refractivity contribution >= 4 is 12.0 Å². The van der Waals surface area contributed by atoms with E-state index in [1.165, 1.54) is 12.2 Å². The third-order valence-electron chi connectivity index (χ3n) is 3.69. The van der Waals surface area contributed by atoms with Gasteiger partial charge in [-0.2, -0.15) is 10.4 Å². The first-order valence-corrected chi connectivity index (χ1v) is 8.18. The van der Waals surface area contributed by atoms with Gasteiger partial charge in [0.05, 0.1) is 5.69 Å². The van der Waals surface area contributed by atoms with Gasteiger partial charge in [-0.3, -0.25) is 4.98 Å². The number of benzene rings is 1. The van der Waals surface area contributed by atoms with Crippen molar-refractivity contribution in [2.75, 3.05) is 6.61 Å². The molecule has 6 nitrogen and oxygen atoms in total. The van der Waals surface area contributed by atoms with E-state index in [1.807, 2.05) is 48.5 Å². The summed E-state index contributed by atoms with van der Waals surface area (Å²) in [7, 11) is 0. The summed E-state index contributed by atoms with van der Waals surface area (Å²) in [6.45, 7) is 3.53. The Morgan fingerprint density at radius 3 is 2.63 bits per heavy atom. The van der Waals surface area contributed by atoms with Gasteiger partial charge < -0.3 is 4.74 Å². The maximum Gasteiger partial charge on any atom is 0.349 e. The molecule has 0 aliphatic heterocycles. The summed E-state index contributed by atoms with van der Waals surface area (Å²) in [5, 5.41) is 14.0. The zero-order chi connectivity index (χ0) is 19.1. The standard InChI is InChI=1S/C21H16N4O2/c1-2-12-27-21(26)17(14-22)13-18-15-25(19-6-4-3-5-7-19)24-20(18)16-8-10-23-11-9-16/h2-11,13,15H,1,12H2/b17-13+. The number of aromatic nitrogens is 3. The highest BCUT2D eigenvalue weighted by atomic mass is 16.5. The lowest BCUT2D eigenvalue weighted by Gasteiger charge is -2.01. The number of carbonyl (C=O) groups is 1. The SMILES string of the molecule is C=CCOC(=O)/C(C#N)=C/c1cn(-c2ccccc2)nc1-c1ccncc1. The van der Waals surface area contributed by atoms with Crippen molar-refractivity contribution < 1.29 is 9.53 Å². The Labute approximate surface area is 156 Å². The molecule has 0 saturated carbocycles. The van der Waals surface area contributed by atoms with E-state index in [-0.39, 0.29) is 12.2 Å². The fourth-order valence-corrected chi connectivity index (χ4v) is 2.44. The van der Waals surface area contributed by atoms with Gasteiger partial charge in [0.25, 0.3) is 0 Å². The summed E-state index contributed by atoms with van der Waals surface area (Å²) in [6, 6.07) is 15.1. The first-order chi connectivity index (χ1) is 13.2. The summed E-state index contributed by atoms with van der Waals surface area (Å²) in [5.41, 5.74) is 2.82. The van der Waals surface area contributed by atoms with Crippen molar-refractivity contribution in [2.45, 2.75) is 0 Å². The van der Waals surface area contributed by atoms with Crippen molar-refractivity contribution in [1.82, 2.24) is 14.8 Å².